The smallest absolute Gasteiger partial charge is 0.325 e. The van der Waals surface area contributed by atoms with E-state index in [1.165, 1.54) is 13.8 Å². The Morgan fingerprint density at radius 1 is 1.11 bits per heavy atom. The van der Waals surface area contributed by atoms with Crippen molar-refractivity contribution in [3.8, 4) is 0 Å². The van der Waals surface area contributed by atoms with E-state index in [0.717, 1.165) is 0 Å². The van der Waals surface area contributed by atoms with Crippen LogP contribution in [0.2, 0.25) is 0 Å². The second-order valence-electron chi connectivity index (χ2n) is 5.73. The van der Waals surface area contributed by atoms with Crippen LogP contribution in [0.15, 0.2) is 0 Å². The Kier molecular flexibility index (Phi) is 5.32. The number of nitrogens with one attached hydrogen (secondary N) is 1. The molecule has 0 spiro atoms. The van der Waals surface area contributed by atoms with Crippen LogP contribution in [0.25, 0.3) is 0 Å². The van der Waals surface area contributed by atoms with Gasteiger partial charge in [-0.1, -0.05) is 0 Å². The molecular weight excluding hydrogens is 238 g/mol. The summed E-state index contributed by atoms with van der Waals surface area (Å²) in [6.07, 6.45) is -0.189. The fourth-order valence-corrected chi connectivity index (χ4v) is 1.09. The molecule has 0 atom stereocenters. The van der Waals surface area contributed by atoms with Crippen molar-refractivity contribution < 1.29 is 24.2 Å². The summed E-state index contributed by atoms with van der Waals surface area (Å²) in [5.41, 5.74) is -1.76. The van der Waals surface area contributed by atoms with Gasteiger partial charge in [0.2, 0.25) is 5.91 Å². The second kappa shape index (κ2) is 5.84. The average molecular weight is 259 g/mol. The third kappa shape index (κ3) is 6.88. The van der Waals surface area contributed by atoms with E-state index in [0.29, 0.717) is 0 Å². The lowest BCUT2D eigenvalue weighted by molar-refractivity contribution is -0.154. The summed E-state index contributed by atoms with van der Waals surface area (Å²) < 4.78 is 5.00. The Labute approximate surface area is 107 Å². The van der Waals surface area contributed by atoms with Crippen LogP contribution in [-0.2, 0) is 19.1 Å². The maximum atomic E-state index is 11.5. The number of ether oxygens (including phenoxy) is 1. The molecule has 0 saturated heterocycles. The van der Waals surface area contributed by atoms with Gasteiger partial charge in [-0.05, 0) is 34.6 Å². The van der Waals surface area contributed by atoms with Crippen LogP contribution in [0, 0.1) is 5.41 Å². The number of esters is 1. The highest BCUT2D eigenvalue weighted by Crippen LogP contribution is 2.19. The number of hydrogen-bond donors (Lipinski definition) is 2. The maximum absolute atomic E-state index is 11.5. The lowest BCUT2D eigenvalue weighted by Crippen LogP contribution is -2.38. The van der Waals surface area contributed by atoms with Crippen LogP contribution in [-0.4, -0.2) is 35.1 Å². The molecule has 0 bridgehead atoms. The van der Waals surface area contributed by atoms with Gasteiger partial charge in [0.05, 0.1) is 5.41 Å². The first-order valence-electron chi connectivity index (χ1n) is 5.66. The minimum absolute atomic E-state index is 0.189. The quantitative estimate of drug-likeness (QED) is 0.717. The fourth-order valence-electron chi connectivity index (χ4n) is 1.09. The van der Waals surface area contributed by atoms with Gasteiger partial charge in [0.1, 0.15) is 12.1 Å². The van der Waals surface area contributed by atoms with Crippen LogP contribution in [0.5, 0.6) is 0 Å². The van der Waals surface area contributed by atoms with Gasteiger partial charge >= 0.3 is 11.9 Å². The molecule has 0 aliphatic carbocycles. The van der Waals surface area contributed by atoms with E-state index in [2.05, 4.69) is 5.32 Å². The molecule has 1 amide bonds. The SMILES string of the molecule is CC(C)(C)OC(=O)CNC(=O)CC(C)(C)C(=O)O. The first-order chi connectivity index (χ1) is 7.94. The van der Waals surface area contributed by atoms with E-state index < -0.39 is 28.9 Å². The third-order valence-corrected chi connectivity index (χ3v) is 2.03. The molecule has 2 N–H and O–H groups in total. The van der Waals surface area contributed by atoms with E-state index >= 15 is 0 Å². The molecule has 0 heterocycles. The van der Waals surface area contributed by atoms with Gasteiger partial charge in [-0.2, -0.15) is 0 Å². The van der Waals surface area contributed by atoms with Crippen molar-refractivity contribution in [2.75, 3.05) is 6.54 Å². The van der Waals surface area contributed by atoms with Crippen LogP contribution in [0.4, 0.5) is 0 Å². The molecule has 0 rings (SSSR count). The molecule has 104 valence electrons. The summed E-state index contributed by atoms with van der Waals surface area (Å²) in [7, 11) is 0. The molecule has 0 aromatic heterocycles. The average Bonchev–Trinajstić information content (AvgIpc) is 2.11. The zero-order chi connectivity index (χ0) is 14.6. The minimum Gasteiger partial charge on any atom is -0.481 e. The monoisotopic (exact) mass is 259 g/mol. The molecule has 6 nitrogen and oxygen atoms in total. The van der Waals surface area contributed by atoms with Crippen LogP contribution in [0.1, 0.15) is 41.0 Å². The zero-order valence-electron chi connectivity index (χ0n) is 11.5. The van der Waals surface area contributed by atoms with Crippen molar-refractivity contribution in [1.82, 2.24) is 5.32 Å². The third-order valence-electron chi connectivity index (χ3n) is 2.03. The minimum atomic E-state index is -1.15. The van der Waals surface area contributed by atoms with Crippen molar-refractivity contribution in [2.45, 2.75) is 46.6 Å². The van der Waals surface area contributed by atoms with E-state index in [1.54, 1.807) is 20.8 Å². The Bertz CT molecular complexity index is 341. The van der Waals surface area contributed by atoms with Crippen molar-refractivity contribution in [3.05, 3.63) is 0 Å². The molecular formula is C12H21NO5. The predicted octanol–water partition coefficient (Wildman–Crippen LogP) is 0.945. The Balaban J connectivity index is 4.13. The van der Waals surface area contributed by atoms with Crippen molar-refractivity contribution >= 4 is 17.8 Å². The standard InChI is InChI=1S/C12H21NO5/c1-11(2,3)18-9(15)7-13-8(14)6-12(4,5)10(16)17/h6-7H2,1-5H3,(H,13,14)(H,16,17). The first-order valence-corrected chi connectivity index (χ1v) is 5.66. The molecule has 0 aliphatic heterocycles. The van der Waals surface area contributed by atoms with Gasteiger partial charge < -0.3 is 15.2 Å². The Morgan fingerprint density at radius 2 is 1.61 bits per heavy atom. The summed E-state index contributed by atoms with van der Waals surface area (Å²) in [5.74, 6) is -2.10. The van der Waals surface area contributed by atoms with Crippen LogP contribution >= 0.6 is 0 Å². The van der Waals surface area contributed by atoms with Crippen molar-refractivity contribution in [1.29, 1.82) is 0 Å². The fraction of sp³-hybridized carbons (Fsp3) is 0.750. The molecule has 6 heteroatoms. The molecule has 18 heavy (non-hydrogen) atoms. The number of aliphatic carboxylic acids is 1. The summed E-state index contributed by atoms with van der Waals surface area (Å²) >= 11 is 0. The van der Waals surface area contributed by atoms with Gasteiger partial charge in [-0.15, -0.1) is 0 Å². The molecule has 0 radical (unpaired) electrons. The van der Waals surface area contributed by atoms with Crippen molar-refractivity contribution in [3.63, 3.8) is 0 Å². The zero-order valence-corrected chi connectivity index (χ0v) is 11.5. The molecule has 0 aliphatic rings. The van der Waals surface area contributed by atoms with E-state index in [-0.39, 0.29) is 13.0 Å². The number of carboxylic acids is 1. The number of carbonyl (C=O) groups excluding carboxylic acids is 2. The number of carbonyl (C=O) groups is 3. The number of rotatable bonds is 5. The van der Waals surface area contributed by atoms with Gasteiger partial charge in [-0.3, -0.25) is 14.4 Å². The number of carboxylic acid groups (broad SMARTS) is 1. The van der Waals surface area contributed by atoms with Gasteiger partial charge in [0.15, 0.2) is 0 Å². The lowest BCUT2D eigenvalue weighted by atomic mass is 9.89. The summed E-state index contributed by atoms with van der Waals surface area (Å²) in [6.45, 7) is 7.80. The van der Waals surface area contributed by atoms with E-state index in [1.807, 2.05) is 0 Å². The molecule has 0 fully saturated rings. The van der Waals surface area contributed by atoms with Crippen molar-refractivity contribution in [2.24, 2.45) is 5.41 Å². The Hall–Kier alpha value is -1.59. The summed E-state index contributed by atoms with van der Waals surface area (Å²) in [4.78, 5) is 33.6. The van der Waals surface area contributed by atoms with E-state index in [9.17, 15) is 14.4 Å². The maximum Gasteiger partial charge on any atom is 0.325 e. The van der Waals surface area contributed by atoms with E-state index in [4.69, 9.17) is 9.84 Å². The Morgan fingerprint density at radius 3 is 2.00 bits per heavy atom. The number of hydrogen-bond acceptors (Lipinski definition) is 4. The first kappa shape index (κ1) is 16.4. The van der Waals surface area contributed by atoms with Crippen LogP contribution in [0.3, 0.4) is 0 Å². The topological polar surface area (TPSA) is 92.7 Å². The van der Waals surface area contributed by atoms with Gasteiger partial charge in [-0.25, -0.2) is 0 Å². The highest BCUT2D eigenvalue weighted by atomic mass is 16.6. The lowest BCUT2D eigenvalue weighted by Gasteiger charge is -2.20. The van der Waals surface area contributed by atoms with Gasteiger partial charge in [0.25, 0.3) is 0 Å². The predicted molar refractivity (Wildman–Crippen MR) is 64.9 cm³/mol. The largest absolute Gasteiger partial charge is 0.481 e. The normalized spacial score (nSPS) is 11.8. The molecule has 0 unspecified atom stereocenters. The molecule has 0 aromatic carbocycles. The summed E-state index contributed by atoms with van der Waals surface area (Å²) in [6, 6.07) is 0. The second-order valence-corrected chi connectivity index (χ2v) is 5.73. The molecule has 0 aromatic rings. The van der Waals surface area contributed by atoms with Crippen LogP contribution < -0.4 is 5.32 Å². The molecule has 0 saturated carbocycles. The number of amides is 1. The highest BCUT2D eigenvalue weighted by molar-refractivity contribution is 5.86. The van der Waals surface area contributed by atoms with Gasteiger partial charge in [0, 0.05) is 6.42 Å². The highest BCUT2D eigenvalue weighted by Gasteiger charge is 2.30. The summed E-state index contributed by atoms with van der Waals surface area (Å²) in [5, 5.41) is 11.2.